The molecule has 0 aromatic heterocycles. The van der Waals surface area contributed by atoms with Crippen molar-refractivity contribution in [1.82, 2.24) is 9.80 Å². The first-order valence-corrected chi connectivity index (χ1v) is 11.6. The second-order valence-electron chi connectivity index (χ2n) is 8.90. The number of ether oxygens (including phenoxy) is 3. The van der Waals surface area contributed by atoms with Crippen molar-refractivity contribution in [2.75, 3.05) is 40.4 Å². The second kappa shape index (κ2) is 10.0. The number of methoxy groups -OCH3 is 2. The number of likely N-dealkylation sites (tertiary alicyclic amines) is 2. The van der Waals surface area contributed by atoms with E-state index in [2.05, 4.69) is 4.90 Å². The number of nitrogens with zero attached hydrogens (tertiary/aromatic N) is 2. The first kappa shape index (κ1) is 21.4. The molecule has 0 radical (unpaired) electrons. The van der Waals surface area contributed by atoms with E-state index < -0.39 is 0 Å². The van der Waals surface area contributed by atoms with E-state index in [0.29, 0.717) is 23.6 Å². The van der Waals surface area contributed by atoms with Crippen LogP contribution in [0.3, 0.4) is 0 Å². The molecular weight excluding hydrogens is 380 g/mol. The molecule has 3 aliphatic rings. The first-order valence-electron chi connectivity index (χ1n) is 11.6. The highest BCUT2D eigenvalue weighted by Crippen LogP contribution is 2.31. The zero-order valence-electron chi connectivity index (χ0n) is 18.5. The topological polar surface area (TPSA) is 51.2 Å². The fraction of sp³-hybridized carbons (Fsp3) is 0.708. The molecule has 1 aliphatic carbocycles. The molecule has 0 bridgehead atoms. The molecule has 6 heteroatoms. The monoisotopic (exact) mass is 416 g/mol. The van der Waals surface area contributed by atoms with Crippen LogP contribution in [0.15, 0.2) is 18.2 Å². The van der Waals surface area contributed by atoms with Crippen LogP contribution in [0.1, 0.15) is 61.7 Å². The summed E-state index contributed by atoms with van der Waals surface area (Å²) in [5.41, 5.74) is 0.601. The zero-order chi connectivity index (χ0) is 20.9. The largest absolute Gasteiger partial charge is 0.497 e. The minimum absolute atomic E-state index is 0.00837. The van der Waals surface area contributed by atoms with Crippen LogP contribution in [0.25, 0.3) is 0 Å². The van der Waals surface area contributed by atoms with E-state index in [0.717, 1.165) is 51.4 Å². The molecule has 0 unspecified atom stereocenters. The summed E-state index contributed by atoms with van der Waals surface area (Å²) in [6.07, 6.45) is 9.72. The van der Waals surface area contributed by atoms with Gasteiger partial charge in [-0.2, -0.15) is 0 Å². The molecule has 2 heterocycles. The lowest BCUT2D eigenvalue weighted by molar-refractivity contribution is 0.0263. The van der Waals surface area contributed by atoms with Crippen LogP contribution < -0.4 is 9.47 Å². The molecule has 3 fully saturated rings. The molecule has 2 aliphatic heterocycles. The quantitative estimate of drug-likeness (QED) is 0.707. The number of carbonyl (C=O) groups is 1. The molecule has 0 N–H and O–H groups in total. The summed E-state index contributed by atoms with van der Waals surface area (Å²) in [7, 11) is 3.35. The van der Waals surface area contributed by atoms with Crippen LogP contribution in [0.4, 0.5) is 0 Å². The molecule has 1 amide bonds. The minimum atomic E-state index is 0.00837. The molecule has 30 heavy (non-hydrogen) atoms. The third-order valence-corrected chi connectivity index (χ3v) is 7.03. The average molecular weight is 417 g/mol. The van der Waals surface area contributed by atoms with E-state index in [-0.39, 0.29) is 18.1 Å². The van der Waals surface area contributed by atoms with Gasteiger partial charge in [0.15, 0.2) is 0 Å². The maximum atomic E-state index is 13.3. The average Bonchev–Trinajstić information content (AvgIpc) is 3.34. The normalized spacial score (nSPS) is 24.2. The van der Waals surface area contributed by atoms with E-state index in [1.165, 1.54) is 25.7 Å². The molecule has 1 saturated carbocycles. The molecule has 1 aromatic rings. The van der Waals surface area contributed by atoms with Gasteiger partial charge in [-0.1, -0.05) is 12.8 Å². The number of benzene rings is 1. The Morgan fingerprint density at radius 3 is 2.40 bits per heavy atom. The van der Waals surface area contributed by atoms with Crippen molar-refractivity contribution >= 4 is 5.91 Å². The summed E-state index contributed by atoms with van der Waals surface area (Å²) in [6, 6.07) is 6.37. The first-order chi connectivity index (χ1) is 14.7. The van der Waals surface area contributed by atoms with Gasteiger partial charge < -0.3 is 24.0 Å². The van der Waals surface area contributed by atoms with Crippen molar-refractivity contribution in [1.29, 1.82) is 0 Å². The summed E-state index contributed by atoms with van der Waals surface area (Å²) in [5.74, 6) is 1.37. The van der Waals surface area contributed by atoms with Crippen molar-refractivity contribution in [2.24, 2.45) is 0 Å². The van der Waals surface area contributed by atoms with Crippen molar-refractivity contribution in [3.05, 3.63) is 23.8 Å². The predicted octanol–water partition coefficient (Wildman–Crippen LogP) is 3.73. The van der Waals surface area contributed by atoms with Crippen LogP contribution in [0.5, 0.6) is 11.5 Å². The van der Waals surface area contributed by atoms with E-state index >= 15 is 0 Å². The third kappa shape index (κ3) is 4.92. The van der Waals surface area contributed by atoms with Crippen LogP contribution >= 0.6 is 0 Å². The molecule has 0 spiro atoms. The van der Waals surface area contributed by atoms with Crippen molar-refractivity contribution < 1.29 is 19.0 Å². The van der Waals surface area contributed by atoms with Crippen LogP contribution in [0, 0.1) is 0 Å². The predicted molar refractivity (Wildman–Crippen MR) is 116 cm³/mol. The molecule has 6 nitrogen and oxygen atoms in total. The van der Waals surface area contributed by atoms with Gasteiger partial charge in [0, 0.05) is 39.3 Å². The fourth-order valence-corrected chi connectivity index (χ4v) is 5.20. The Kier molecular flexibility index (Phi) is 7.16. The summed E-state index contributed by atoms with van der Waals surface area (Å²) in [6.45, 7) is 3.58. The summed E-state index contributed by atoms with van der Waals surface area (Å²) >= 11 is 0. The summed E-state index contributed by atoms with van der Waals surface area (Å²) < 4.78 is 17.3. The summed E-state index contributed by atoms with van der Waals surface area (Å²) in [4.78, 5) is 17.9. The molecule has 1 aromatic carbocycles. The molecular formula is C24H36N2O4. The third-order valence-electron chi connectivity index (χ3n) is 7.03. The number of rotatable bonds is 6. The van der Waals surface area contributed by atoms with Gasteiger partial charge in [0.2, 0.25) is 0 Å². The van der Waals surface area contributed by atoms with Gasteiger partial charge in [-0.3, -0.25) is 4.79 Å². The van der Waals surface area contributed by atoms with Crippen LogP contribution in [-0.2, 0) is 4.74 Å². The maximum Gasteiger partial charge on any atom is 0.257 e. The lowest BCUT2D eigenvalue weighted by atomic mass is 10.0. The van der Waals surface area contributed by atoms with Gasteiger partial charge >= 0.3 is 0 Å². The van der Waals surface area contributed by atoms with Gasteiger partial charge in [0.05, 0.1) is 18.8 Å². The van der Waals surface area contributed by atoms with Gasteiger partial charge in [-0.15, -0.1) is 0 Å². The van der Waals surface area contributed by atoms with Crippen molar-refractivity contribution in [3.63, 3.8) is 0 Å². The van der Waals surface area contributed by atoms with Gasteiger partial charge in [0.1, 0.15) is 17.6 Å². The molecule has 4 rings (SSSR count). The van der Waals surface area contributed by atoms with Gasteiger partial charge in [-0.25, -0.2) is 0 Å². The Morgan fingerprint density at radius 1 is 0.933 bits per heavy atom. The number of hydrogen-bond donors (Lipinski definition) is 0. The number of carbonyl (C=O) groups excluding carboxylic acids is 1. The second-order valence-corrected chi connectivity index (χ2v) is 8.90. The van der Waals surface area contributed by atoms with Crippen LogP contribution in [0.2, 0.25) is 0 Å². The molecule has 1 atom stereocenters. The SMILES string of the molecule is COc1ccc(OC2CCN(C3CCCC3)CC2)c(C(=O)N2CCC[C@@H](OC)C2)c1. The lowest BCUT2D eigenvalue weighted by Gasteiger charge is -2.36. The maximum absolute atomic E-state index is 13.3. The lowest BCUT2D eigenvalue weighted by Crippen LogP contribution is -2.44. The fourth-order valence-electron chi connectivity index (χ4n) is 5.20. The van der Waals surface area contributed by atoms with E-state index in [1.807, 2.05) is 23.1 Å². The Hall–Kier alpha value is -1.79. The number of hydrogen-bond acceptors (Lipinski definition) is 5. The molecule has 2 saturated heterocycles. The Morgan fingerprint density at radius 2 is 1.70 bits per heavy atom. The van der Waals surface area contributed by atoms with E-state index in [9.17, 15) is 4.79 Å². The van der Waals surface area contributed by atoms with Crippen molar-refractivity contribution in [2.45, 2.75) is 69.6 Å². The molecule has 166 valence electrons. The Bertz CT molecular complexity index is 711. The zero-order valence-corrected chi connectivity index (χ0v) is 18.5. The smallest absolute Gasteiger partial charge is 0.257 e. The minimum Gasteiger partial charge on any atom is -0.497 e. The van der Waals surface area contributed by atoms with E-state index in [1.54, 1.807) is 14.2 Å². The standard InChI is InChI=1S/C24H36N2O4/c1-28-20-9-10-23(22(16-20)24(27)26-13-5-8-21(17-26)29-2)30-19-11-14-25(15-12-19)18-6-3-4-7-18/h9-10,16,18-19,21H,3-8,11-15,17H2,1-2H3/t21-/m1/s1. The van der Waals surface area contributed by atoms with Gasteiger partial charge in [-0.05, 0) is 56.7 Å². The highest BCUT2D eigenvalue weighted by atomic mass is 16.5. The van der Waals surface area contributed by atoms with E-state index in [4.69, 9.17) is 14.2 Å². The Balaban J connectivity index is 1.43. The van der Waals surface area contributed by atoms with Crippen LogP contribution in [-0.4, -0.2) is 74.4 Å². The number of amides is 1. The number of piperidine rings is 2. The highest BCUT2D eigenvalue weighted by molar-refractivity contribution is 5.97. The highest BCUT2D eigenvalue weighted by Gasteiger charge is 2.30. The van der Waals surface area contributed by atoms with Gasteiger partial charge in [0.25, 0.3) is 5.91 Å². The summed E-state index contributed by atoms with van der Waals surface area (Å²) in [5, 5.41) is 0. The van der Waals surface area contributed by atoms with Crippen molar-refractivity contribution in [3.8, 4) is 11.5 Å². The Labute approximate surface area is 180 Å².